The fraction of sp³-hybridized carbons (Fsp3) is 0.936. The molecule has 0 aliphatic rings. The molecule has 0 amide bonds. The monoisotopic (exact) mass is 798 g/mol. The van der Waals surface area contributed by atoms with E-state index in [4.69, 9.17) is 23.7 Å². The van der Waals surface area contributed by atoms with E-state index in [9.17, 15) is 14.4 Å². The summed E-state index contributed by atoms with van der Waals surface area (Å²) in [5, 5.41) is 0. The average Bonchev–Trinajstić information content (AvgIpc) is 3.19. The number of hydrogen-bond donors (Lipinski definition) is 0. The molecule has 0 saturated carbocycles. The van der Waals surface area contributed by atoms with Crippen LogP contribution in [0.3, 0.4) is 0 Å². The number of ether oxygens (including phenoxy) is 5. The molecule has 0 aliphatic heterocycles. The molecule has 2 atom stereocenters. The van der Waals surface area contributed by atoms with Gasteiger partial charge in [0.05, 0.1) is 26.4 Å². The van der Waals surface area contributed by atoms with Crippen molar-refractivity contribution in [3.8, 4) is 0 Å². The van der Waals surface area contributed by atoms with Crippen LogP contribution >= 0.6 is 0 Å². The minimum absolute atomic E-state index is 0.120. The summed E-state index contributed by atoms with van der Waals surface area (Å²) in [4.78, 5) is 39.9. The van der Waals surface area contributed by atoms with Gasteiger partial charge in [0.1, 0.15) is 6.10 Å². The maximum atomic E-state index is 12.7. The summed E-state index contributed by atoms with van der Waals surface area (Å²) < 4.78 is 28.4. The molecule has 0 rings (SSSR count). The molecular formula is C47H91NO8. The Morgan fingerprint density at radius 3 is 1.54 bits per heavy atom. The number of carbonyl (C=O) groups excluding carboxylic acids is 3. The van der Waals surface area contributed by atoms with Crippen molar-refractivity contribution in [2.45, 2.75) is 227 Å². The van der Waals surface area contributed by atoms with Crippen LogP contribution in [-0.4, -0.2) is 81.8 Å². The lowest BCUT2D eigenvalue weighted by atomic mass is 10.0. The van der Waals surface area contributed by atoms with Crippen LogP contribution in [0.2, 0.25) is 0 Å². The first-order chi connectivity index (χ1) is 27.4. The van der Waals surface area contributed by atoms with Crippen LogP contribution in [-0.2, 0) is 33.3 Å². The van der Waals surface area contributed by atoms with Gasteiger partial charge < -0.3 is 28.6 Å². The molecule has 0 aromatic rings. The van der Waals surface area contributed by atoms with Crippen LogP contribution < -0.4 is 0 Å². The van der Waals surface area contributed by atoms with E-state index in [1.165, 1.54) is 103 Å². The van der Waals surface area contributed by atoms with Gasteiger partial charge in [0.2, 0.25) is 0 Å². The highest BCUT2D eigenvalue weighted by atomic mass is 16.7. The summed E-state index contributed by atoms with van der Waals surface area (Å²) in [6, 6.07) is 0. The molecule has 0 bridgehead atoms. The Morgan fingerprint density at radius 1 is 0.446 bits per heavy atom. The molecule has 0 spiro atoms. The van der Waals surface area contributed by atoms with Gasteiger partial charge in [-0.15, -0.1) is 0 Å². The van der Waals surface area contributed by atoms with Gasteiger partial charge in [-0.1, -0.05) is 157 Å². The van der Waals surface area contributed by atoms with Crippen LogP contribution in [0.25, 0.3) is 0 Å². The van der Waals surface area contributed by atoms with Crippen molar-refractivity contribution in [3.05, 3.63) is 0 Å². The Kier molecular flexibility index (Phi) is 41.3. The number of esters is 2. The van der Waals surface area contributed by atoms with E-state index < -0.39 is 6.16 Å². The van der Waals surface area contributed by atoms with Gasteiger partial charge in [0, 0.05) is 38.3 Å². The first-order valence-electron chi connectivity index (χ1n) is 23.8. The van der Waals surface area contributed by atoms with E-state index in [0.717, 1.165) is 84.0 Å². The second-order valence-electron chi connectivity index (χ2n) is 16.0. The fourth-order valence-corrected chi connectivity index (χ4v) is 6.96. The van der Waals surface area contributed by atoms with Crippen molar-refractivity contribution in [3.63, 3.8) is 0 Å². The van der Waals surface area contributed by atoms with E-state index >= 15 is 0 Å². The highest BCUT2D eigenvalue weighted by Gasteiger charge is 2.18. The van der Waals surface area contributed by atoms with E-state index in [-0.39, 0.29) is 30.6 Å². The zero-order valence-corrected chi connectivity index (χ0v) is 37.5. The first-order valence-corrected chi connectivity index (χ1v) is 23.8. The lowest BCUT2D eigenvalue weighted by Gasteiger charge is -2.19. The maximum Gasteiger partial charge on any atom is 0.508 e. The molecule has 0 aliphatic carbocycles. The SMILES string of the molecule is CCCCCCCCCCCCC(CCOC(=O)CCCCC(COCCCCCCCC)COC(=O)CCCCCCC)OC(=O)OCCCN(CC)CC. The molecule has 0 aromatic carbocycles. The molecule has 0 radical (unpaired) electrons. The minimum Gasteiger partial charge on any atom is -0.466 e. The predicted octanol–water partition coefficient (Wildman–Crippen LogP) is 12.9. The predicted molar refractivity (Wildman–Crippen MR) is 231 cm³/mol. The second-order valence-corrected chi connectivity index (χ2v) is 16.0. The largest absolute Gasteiger partial charge is 0.508 e. The van der Waals surface area contributed by atoms with Gasteiger partial charge >= 0.3 is 18.1 Å². The number of rotatable bonds is 43. The Labute approximate surface area is 345 Å². The van der Waals surface area contributed by atoms with Crippen molar-refractivity contribution in [1.29, 1.82) is 0 Å². The number of unbranched alkanes of at least 4 members (excludes halogenated alkanes) is 19. The third-order valence-electron chi connectivity index (χ3n) is 10.8. The van der Waals surface area contributed by atoms with Crippen molar-refractivity contribution >= 4 is 18.1 Å². The van der Waals surface area contributed by atoms with Gasteiger partial charge in [0.15, 0.2) is 0 Å². The topological polar surface area (TPSA) is 101 Å². The summed E-state index contributed by atoms with van der Waals surface area (Å²) in [5.74, 6) is -0.229. The van der Waals surface area contributed by atoms with E-state index in [1.807, 2.05) is 0 Å². The number of carbonyl (C=O) groups is 3. The highest BCUT2D eigenvalue weighted by Crippen LogP contribution is 2.17. The minimum atomic E-state index is -0.629. The van der Waals surface area contributed by atoms with Gasteiger partial charge in [-0.2, -0.15) is 0 Å². The second kappa shape index (κ2) is 42.7. The smallest absolute Gasteiger partial charge is 0.466 e. The lowest BCUT2D eigenvalue weighted by molar-refractivity contribution is -0.146. The summed E-state index contributed by atoms with van der Waals surface area (Å²) in [7, 11) is 0. The molecule has 0 aromatic heterocycles. The summed E-state index contributed by atoms with van der Waals surface area (Å²) in [6.07, 6.45) is 29.5. The molecular weight excluding hydrogens is 707 g/mol. The fourth-order valence-electron chi connectivity index (χ4n) is 6.96. The van der Waals surface area contributed by atoms with Crippen LogP contribution in [0.15, 0.2) is 0 Å². The van der Waals surface area contributed by atoms with Crippen molar-refractivity contribution in [2.75, 3.05) is 52.7 Å². The normalized spacial score (nSPS) is 12.5. The lowest BCUT2D eigenvalue weighted by Crippen LogP contribution is -2.26. The van der Waals surface area contributed by atoms with Gasteiger partial charge in [-0.05, 0) is 58.0 Å². The quantitative estimate of drug-likeness (QED) is 0.0339. The van der Waals surface area contributed by atoms with Crippen LogP contribution in [0.4, 0.5) is 4.79 Å². The van der Waals surface area contributed by atoms with Gasteiger partial charge in [-0.3, -0.25) is 9.59 Å². The molecule has 9 heteroatoms. The van der Waals surface area contributed by atoms with E-state index in [1.54, 1.807) is 0 Å². The van der Waals surface area contributed by atoms with Crippen LogP contribution in [0, 0.1) is 5.92 Å². The molecule has 0 heterocycles. The van der Waals surface area contributed by atoms with Gasteiger partial charge in [-0.25, -0.2) is 4.79 Å². The molecule has 2 unspecified atom stereocenters. The third kappa shape index (κ3) is 37.7. The molecule has 56 heavy (non-hydrogen) atoms. The average molecular weight is 798 g/mol. The Hall–Kier alpha value is -1.87. The standard InChI is InChI=1S/C47H91NO8/c1-6-11-14-17-19-20-21-22-24-26-33-44(56-47(51)54-39-31-37-48(9-4)10-5)36-40-53-45(49)35-29-28-32-43(41-52-38-30-25-18-15-12-7-2)42-55-46(50)34-27-23-16-13-8-3/h43-44H,6-42H2,1-5H3. The summed E-state index contributed by atoms with van der Waals surface area (Å²) in [5.41, 5.74) is 0. The third-order valence-corrected chi connectivity index (χ3v) is 10.8. The van der Waals surface area contributed by atoms with Crippen molar-refractivity contribution in [1.82, 2.24) is 4.90 Å². The maximum absolute atomic E-state index is 12.7. The van der Waals surface area contributed by atoms with Crippen LogP contribution in [0.1, 0.15) is 221 Å². The molecule has 0 saturated heterocycles. The Bertz CT molecular complexity index is 867. The van der Waals surface area contributed by atoms with Crippen LogP contribution in [0.5, 0.6) is 0 Å². The molecule has 9 nitrogen and oxygen atoms in total. The van der Waals surface area contributed by atoms with E-state index in [0.29, 0.717) is 45.5 Å². The van der Waals surface area contributed by atoms with Gasteiger partial charge in [0.25, 0.3) is 0 Å². The summed E-state index contributed by atoms with van der Waals surface area (Å²) in [6.45, 7) is 16.0. The van der Waals surface area contributed by atoms with Crippen molar-refractivity contribution < 1.29 is 38.1 Å². The van der Waals surface area contributed by atoms with Crippen molar-refractivity contribution in [2.24, 2.45) is 5.92 Å². The molecule has 332 valence electrons. The Morgan fingerprint density at radius 2 is 0.946 bits per heavy atom. The highest BCUT2D eigenvalue weighted by molar-refractivity contribution is 5.69. The number of hydrogen-bond acceptors (Lipinski definition) is 9. The number of nitrogens with zero attached hydrogens (tertiary/aromatic N) is 1. The zero-order valence-electron chi connectivity index (χ0n) is 37.5. The van der Waals surface area contributed by atoms with E-state index in [2.05, 4.69) is 39.5 Å². The zero-order chi connectivity index (χ0) is 41.2. The molecule has 0 N–H and O–H groups in total. The Balaban J connectivity index is 4.70. The summed E-state index contributed by atoms with van der Waals surface area (Å²) >= 11 is 0. The molecule has 0 fully saturated rings. The first kappa shape index (κ1) is 54.1.